The molecule has 0 saturated carbocycles. The van der Waals surface area contributed by atoms with Crippen LogP contribution >= 0.6 is 23.1 Å². The smallest absolute Gasteiger partial charge is 0.173 e. The lowest BCUT2D eigenvalue weighted by Crippen LogP contribution is -2.07. The van der Waals surface area contributed by atoms with Gasteiger partial charge in [0.25, 0.3) is 0 Å². The van der Waals surface area contributed by atoms with Crippen molar-refractivity contribution in [2.24, 2.45) is 0 Å². The first-order chi connectivity index (χ1) is 10.5. The van der Waals surface area contributed by atoms with E-state index in [1.807, 2.05) is 32.0 Å². The molecule has 0 N–H and O–H groups in total. The van der Waals surface area contributed by atoms with Crippen LogP contribution in [0.15, 0.2) is 40.7 Å². The molecule has 2 aromatic carbocycles. The highest BCUT2D eigenvalue weighted by Gasteiger charge is 2.14. The Morgan fingerprint density at radius 2 is 1.82 bits per heavy atom. The Balaban J connectivity index is 1.77. The van der Waals surface area contributed by atoms with Crippen molar-refractivity contribution in [3.63, 3.8) is 0 Å². The van der Waals surface area contributed by atoms with Crippen LogP contribution < -0.4 is 0 Å². The normalized spacial score (nSPS) is 11.0. The summed E-state index contributed by atoms with van der Waals surface area (Å²) in [5.74, 6) is 0.615. The van der Waals surface area contributed by atoms with Crippen molar-refractivity contribution in [2.75, 3.05) is 5.75 Å². The number of fused-ring (bicyclic) bond motifs is 1. The Morgan fingerprint density at radius 1 is 1.14 bits per heavy atom. The van der Waals surface area contributed by atoms with E-state index in [0.717, 1.165) is 26.5 Å². The summed E-state index contributed by atoms with van der Waals surface area (Å²) in [5, 5.41) is 0. The number of ketones is 1. The molecule has 0 saturated heterocycles. The minimum absolute atomic E-state index is 0.180. The lowest BCUT2D eigenvalue weighted by molar-refractivity contribution is 0.102. The van der Waals surface area contributed by atoms with E-state index >= 15 is 0 Å². The van der Waals surface area contributed by atoms with Crippen molar-refractivity contribution in [1.82, 2.24) is 4.98 Å². The van der Waals surface area contributed by atoms with E-state index in [9.17, 15) is 4.79 Å². The zero-order valence-corrected chi connectivity index (χ0v) is 14.5. The second kappa shape index (κ2) is 6.23. The molecule has 0 fully saturated rings. The monoisotopic (exact) mass is 327 g/mol. The molecule has 4 heteroatoms. The average molecular weight is 327 g/mol. The van der Waals surface area contributed by atoms with Gasteiger partial charge in [0, 0.05) is 5.56 Å². The van der Waals surface area contributed by atoms with Crippen LogP contribution in [0.25, 0.3) is 10.2 Å². The molecule has 0 atom stereocenters. The Labute approximate surface area is 138 Å². The number of nitrogens with zero attached hydrogens (tertiary/aromatic N) is 1. The van der Waals surface area contributed by atoms with Crippen molar-refractivity contribution in [1.29, 1.82) is 0 Å². The molecule has 2 nitrogen and oxygen atoms in total. The fourth-order valence-corrected chi connectivity index (χ4v) is 4.67. The molecular weight excluding hydrogens is 310 g/mol. The number of benzene rings is 2. The van der Waals surface area contributed by atoms with Crippen LogP contribution in [0, 0.1) is 20.8 Å². The fraction of sp³-hybridized carbons (Fsp3) is 0.222. The van der Waals surface area contributed by atoms with Crippen LogP contribution in [0.5, 0.6) is 0 Å². The number of para-hydroxylation sites is 1. The van der Waals surface area contributed by atoms with Crippen LogP contribution in [0.4, 0.5) is 0 Å². The second-order valence-electron chi connectivity index (χ2n) is 5.43. The molecular formula is C18H17NOS2. The minimum Gasteiger partial charge on any atom is -0.293 e. The molecule has 0 bridgehead atoms. The highest BCUT2D eigenvalue weighted by molar-refractivity contribution is 8.01. The molecule has 0 amide bonds. The first-order valence-corrected chi connectivity index (χ1v) is 8.94. The van der Waals surface area contributed by atoms with Gasteiger partial charge in [-0.05, 0) is 44.0 Å². The van der Waals surface area contributed by atoms with Crippen LogP contribution in [-0.4, -0.2) is 16.5 Å². The molecule has 3 rings (SSSR count). The van der Waals surface area contributed by atoms with E-state index in [-0.39, 0.29) is 5.78 Å². The van der Waals surface area contributed by atoms with Gasteiger partial charge in [-0.2, -0.15) is 0 Å². The first kappa shape index (κ1) is 15.3. The molecule has 0 aliphatic carbocycles. The Bertz CT molecular complexity index is 795. The van der Waals surface area contributed by atoms with Gasteiger partial charge < -0.3 is 0 Å². The molecule has 1 aromatic heterocycles. The van der Waals surface area contributed by atoms with Gasteiger partial charge in [-0.25, -0.2) is 4.98 Å². The van der Waals surface area contributed by atoms with Crippen molar-refractivity contribution in [3.8, 4) is 0 Å². The maximum Gasteiger partial charge on any atom is 0.173 e. The summed E-state index contributed by atoms with van der Waals surface area (Å²) < 4.78 is 2.12. The van der Waals surface area contributed by atoms with Crippen molar-refractivity contribution in [2.45, 2.75) is 25.1 Å². The first-order valence-electron chi connectivity index (χ1n) is 7.14. The van der Waals surface area contributed by atoms with Gasteiger partial charge >= 0.3 is 0 Å². The fourth-order valence-electron chi connectivity index (χ4n) is 2.73. The van der Waals surface area contributed by atoms with E-state index in [0.29, 0.717) is 5.75 Å². The van der Waals surface area contributed by atoms with E-state index < -0.39 is 0 Å². The quantitative estimate of drug-likeness (QED) is 0.487. The topological polar surface area (TPSA) is 30.0 Å². The zero-order valence-electron chi connectivity index (χ0n) is 12.8. The number of aryl methyl sites for hydroxylation is 3. The van der Waals surface area contributed by atoms with Crippen molar-refractivity contribution >= 4 is 39.1 Å². The van der Waals surface area contributed by atoms with Gasteiger partial charge in [-0.3, -0.25) is 4.79 Å². The van der Waals surface area contributed by atoms with Gasteiger partial charge in [0.1, 0.15) is 0 Å². The van der Waals surface area contributed by atoms with E-state index in [4.69, 9.17) is 0 Å². The molecule has 0 aliphatic rings. The van der Waals surface area contributed by atoms with Crippen LogP contribution in [-0.2, 0) is 0 Å². The predicted molar refractivity (Wildman–Crippen MR) is 95.3 cm³/mol. The molecule has 0 radical (unpaired) electrons. The Hall–Kier alpha value is -1.65. The lowest BCUT2D eigenvalue weighted by atomic mass is 9.97. The van der Waals surface area contributed by atoms with Gasteiger partial charge in [-0.15, -0.1) is 11.3 Å². The van der Waals surface area contributed by atoms with Gasteiger partial charge in [0.2, 0.25) is 0 Å². The zero-order chi connectivity index (χ0) is 15.7. The molecule has 0 spiro atoms. The number of Topliss-reactive ketones (excluding diaryl/α,β-unsaturated/α-hetero) is 1. The number of thiazole rings is 1. The molecule has 112 valence electrons. The molecule has 0 unspecified atom stereocenters. The molecule has 22 heavy (non-hydrogen) atoms. The third kappa shape index (κ3) is 3.08. The van der Waals surface area contributed by atoms with Gasteiger partial charge in [0.15, 0.2) is 10.1 Å². The van der Waals surface area contributed by atoms with Crippen LogP contribution in [0.3, 0.4) is 0 Å². The van der Waals surface area contributed by atoms with E-state index in [1.165, 1.54) is 22.0 Å². The van der Waals surface area contributed by atoms with Crippen LogP contribution in [0.1, 0.15) is 27.0 Å². The maximum atomic E-state index is 12.5. The number of carbonyl (C=O) groups is 1. The largest absolute Gasteiger partial charge is 0.293 e. The summed E-state index contributed by atoms with van der Waals surface area (Å²) in [7, 11) is 0. The average Bonchev–Trinajstić information content (AvgIpc) is 2.86. The highest BCUT2D eigenvalue weighted by atomic mass is 32.2. The SMILES string of the molecule is Cc1cc(C)c(C(=O)CSc2nc3ccccc3s2)c(C)c1. The second-order valence-corrected chi connectivity index (χ2v) is 7.69. The van der Waals surface area contributed by atoms with Crippen LogP contribution in [0.2, 0.25) is 0 Å². The maximum absolute atomic E-state index is 12.5. The minimum atomic E-state index is 0.180. The number of hydrogen-bond acceptors (Lipinski definition) is 4. The summed E-state index contributed by atoms with van der Waals surface area (Å²) in [6, 6.07) is 12.2. The number of carbonyl (C=O) groups excluding carboxylic acids is 1. The third-order valence-electron chi connectivity index (χ3n) is 3.56. The third-order valence-corrected chi connectivity index (χ3v) is 5.74. The molecule has 0 aliphatic heterocycles. The Kier molecular flexibility index (Phi) is 4.32. The molecule has 1 heterocycles. The summed E-state index contributed by atoms with van der Waals surface area (Å²) >= 11 is 3.17. The summed E-state index contributed by atoms with van der Waals surface area (Å²) in [5.41, 5.74) is 5.19. The highest BCUT2D eigenvalue weighted by Crippen LogP contribution is 2.30. The van der Waals surface area contributed by atoms with Crippen molar-refractivity contribution < 1.29 is 4.79 Å². The summed E-state index contributed by atoms with van der Waals surface area (Å²) in [6.07, 6.45) is 0. The number of thioether (sulfide) groups is 1. The van der Waals surface area contributed by atoms with Gasteiger partial charge in [-0.1, -0.05) is 41.6 Å². The van der Waals surface area contributed by atoms with Crippen molar-refractivity contribution in [3.05, 3.63) is 58.7 Å². The summed E-state index contributed by atoms with van der Waals surface area (Å²) in [4.78, 5) is 17.1. The lowest BCUT2D eigenvalue weighted by Gasteiger charge is -2.09. The number of hydrogen-bond donors (Lipinski definition) is 0. The molecule has 3 aromatic rings. The predicted octanol–water partition coefficient (Wildman–Crippen LogP) is 5.20. The van der Waals surface area contributed by atoms with E-state index in [1.54, 1.807) is 11.3 Å². The Morgan fingerprint density at radius 3 is 2.50 bits per heavy atom. The number of rotatable bonds is 4. The summed E-state index contributed by atoms with van der Waals surface area (Å²) in [6.45, 7) is 6.08. The number of aromatic nitrogens is 1. The van der Waals surface area contributed by atoms with Gasteiger partial charge in [0.05, 0.1) is 16.0 Å². The van der Waals surface area contributed by atoms with E-state index in [2.05, 4.69) is 30.1 Å². The standard InChI is InChI=1S/C18H17NOS2/c1-11-8-12(2)17(13(3)9-11)15(20)10-21-18-19-14-6-4-5-7-16(14)22-18/h4-9H,10H2,1-3H3.